The molecule has 0 atom stereocenters. The normalized spacial score (nSPS) is 10.5. The second-order valence-electron chi connectivity index (χ2n) is 5.11. The van der Waals surface area contributed by atoms with E-state index in [9.17, 15) is 10.1 Å². The van der Waals surface area contributed by atoms with E-state index < -0.39 is 4.92 Å². The van der Waals surface area contributed by atoms with Gasteiger partial charge >= 0.3 is 0 Å². The van der Waals surface area contributed by atoms with Crippen LogP contribution in [0.15, 0.2) is 24.3 Å². The number of benzene rings is 2. The molecule has 0 unspecified atom stereocenters. The summed E-state index contributed by atoms with van der Waals surface area (Å²) in [4.78, 5) is 10.6. The highest BCUT2D eigenvalue weighted by atomic mass is 35.5. The molecule has 0 bridgehead atoms. The summed E-state index contributed by atoms with van der Waals surface area (Å²) >= 11 is 6.25. The second-order valence-corrected chi connectivity index (χ2v) is 5.49. The number of halogens is 1. The Kier molecular flexibility index (Phi) is 4.19. The van der Waals surface area contributed by atoms with Gasteiger partial charge in [0.25, 0.3) is 5.69 Å². The van der Waals surface area contributed by atoms with E-state index in [-0.39, 0.29) is 10.7 Å². The molecule has 0 fully saturated rings. The molecule has 0 heterocycles. The van der Waals surface area contributed by atoms with E-state index in [0.29, 0.717) is 22.6 Å². The van der Waals surface area contributed by atoms with Gasteiger partial charge in [-0.3, -0.25) is 10.1 Å². The Bertz CT molecular complexity index is 726. The molecule has 0 spiro atoms. The van der Waals surface area contributed by atoms with Gasteiger partial charge in [-0.1, -0.05) is 29.3 Å². The number of nitro groups is 1. The molecule has 0 amide bonds. The molecule has 5 heteroatoms. The van der Waals surface area contributed by atoms with Crippen molar-refractivity contribution in [3.63, 3.8) is 0 Å². The molecule has 0 aliphatic heterocycles. The Labute approximate surface area is 128 Å². The molecule has 2 aromatic carbocycles. The van der Waals surface area contributed by atoms with Crippen LogP contribution in [-0.2, 0) is 0 Å². The van der Waals surface area contributed by atoms with E-state index in [1.54, 1.807) is 13.8 Å². The molecule has 110 valence electrons. The first kappa shape index (κ1) is 15.3. The zero-order chi connectivity index (χ0) is 15.7. The minimum absolute atomic E-state index is 0.00507. The summed E-state index contributed by atoms with van der Waals surface area (Å²) in [7, 11) is 0. The van der Waals surface area contributed by atoms with Crippen molar-refractivity contribution in [3.8, 4) is 11.5 Å². The van der Waals surface area contributed by atoms with Crippen LogP contribution in [0.1, 0.15) is 22.3 Å². The monoisotopic (exact) mass is 305 g/mol. The fraction of sp³-hybridized carbons (Fsp3) is 0.250. The van der Waals surface area contributed by atoms with Crippen LogP contribution < -0.4 is 4.74 Å². The van der Waals surface area contributed by atoms with Crippen molar-refractivity contribution >= 4 is 17.3 Å². The Morgan fingerprint density at radius 3 is 2.33 bits per heavy atom. The SMILES string of the molecule is Cc1ccc(Oc2c(C)cc([N+](=O)[O-])c(C)c2Cl)c(C)c1. The van der Waals surface area contributed by atoms with Gasteiger partial charge in [0.15, 0.2) is 0 Å². The van der Waals surface area contributed by atoms with Crippen LogP contribution >= 0.6 is 11.6 Å². The first-order valence-corrected chi connectivity index (χ1v) is 6.88. The van der Waals surface area contributed by atoms with Crippen molar-refractivity contribution in [1.82, 2.24) is 0 Å². The lowest BCUT2D eigenvalue weighted by Crippen LogP contribution is -1.98. The zero-order valence-electron chi connectivity index (χ0n) is 12.4. The number of hydrogen-bond acceptors (Lipinski definition) is 3. The van der Waals surface area contributed by atoms with Gasteiger partial charge in [0, 0.05) is 17.2 Å². The zero-order valence-corrected chi connectivity index (χ0v) is 13.1. The lowest BCUT2D eigenvalue weighted by atomic mass is 10.1. The van der Waals surface area contributed by atoms with Crippen LogP contribution in [0.2, 0.25) is 5.02 Å². The highest BCUT2D eigenvalue weighted by Crippen LogP contribution is 2.40. The highest BCUT2D eigenvalue weighted by Gasteiger charge is 2.20. The van der Waals surface area contributed by atoms with Crippen LogP contribution in [0, 0.1) is 37.8 Å². The van der Waals surface area contributed by atoms with Gasteiger partial charge in [-0.05, 0) is 39.3 Å². The summed E-state index contributed by atoms with van der Waals surface area (Å²) in [5.74, 6) is 1.16. The predicted octanol–water partition coefficient (Wildman–Crippen LogP) is 5.27. The molecule has 0 aromatic heterocycles. The van der Waals surface area contributed by atoms with Gasteiger partial charge in [0.2, 0.25) is 0 Å². The minimum atomic E-state index is -0.435. The lowest BCUT2D eigenvalue weighted by molar-refractivity contribution is -0.385. The largest absolute Gasteiger partial charge is 0.455 e. The lowest BCUT2D eigenvalue weighted by Gasteiger charge is -2.14. The number of hydrogen-bond donors (Lipinski definition) is 0. The molecule has 0 N–H and O–H groups in total. The van der Waals surface area contributed by atoms with Crippen LogP contribution in [0.25, 0.3) is 0 Å². The Morgan fingerprint density at radius 2 is 1.76 bits per heavy atom. The van der Waals surface area contributed by atoms with Gasteiger partial charge in [0.05, 0.1) is 9.95 Å². The van der Waals surface area contributed by atoms with Crippen LogP contribution in [-0.4, -0.2) is 4.92 Å². The number of nitro benzene ring substituents is 1. The molecule has 0 aliphatic rings. The maximum atomic E-state index is 11.0. The average molecular weight is 306 g/mol. The number of rotatable bonds is 3. The van der Waals surface area contributed by atoms with Crippen molar-refractivity contribution in [2.24, 2.45) is 0 Å². The van der Waals surface area contributed by atoms with E-state index in [1.807, 2.05) is 32.0 Å². The van der Waals surface area contributed by atoms with E-state index in [4.69, 9.17) is 16.3 Å². The van der Waals surface area contributed by atoms with Crippen LogP contribution in [0.5, 0.6) is 11.5 Å². The molecule has 4 nitrogen and oxygen atoms in total. The second kappa shape index (κ2) is 5.74. The van der Waals surface area contributed by atoms with E-state index in [1.165, 1.54) is 6.07 Å². The predicted molar refractivity (Wildman–Crippen MR) is 83.6 cm³/mol. The first-order valence-electron chi connectivity index (χ1n) is 6.50. The molecular formula is C16H16ClNO3. The molecule has 21 heavy (non-hydrogen) atoms. The molecular weight excluding hydrogens is 290 g/mol. The molecule has 0 radical (unpaired) electrons. The standard InChI is InChI=1S/C16H16ClNO3/c1-9-5-6-14(10(2)7-9)21-16-11(3)8-13(18(19)20)12(4)15(16)17/h5-8H,1-4H3. The van der Waals surface area contributed by atoms with Gasteiger partial charge in [0.1, 0.15) is 11.5 Å². The maximum Gasteiger partial charge on any atom is 0.274 e. The van der Waals surface area contributed by atoms with Gasteiger partial charge in [-0.25, -0.2) is 0 Å². The van der Waals surface area contributed by atoms with Crippen molar-refractivity contribution in [2.45, 2.75) is 27.7 Å². The third kappa shape index (κ3) is 3.00. The van der Waals surface area contributed by atoms with Gasteiger partial charge < -0.3 is 4.74 Å². The minimum Gasteiger partial charge on any atom is -0.455 e. The van der Waals surface area contributed by atoms with Crippen LogP contribution in [0.4, 0.5) is 5.69 Å². The summed E-state index contributed by atoms with van der Waals surface area (Å²) in [6.45, 7) is 7.32. The quantitative estimate of drug-likeness (QED) is 0.573. The smallest absolute Gasteiger partial charge is 0.274 e. The van der Waals surface area contributed by atoms with Gasteiger partial charge in [-0.2, -0.15) is 0 Å². The summed E-state index contributed by atoms with van der Waals surface area (Å²) in [5.41, 5.74) is 3.18. The average Bonchev–Trinajstić information content (AvgIpc) is 2.40. The number of aryl methyl sites for hydroxylation is 3. The molecule has 0 saturated carbocycles. The Morgan fingerprint density at radius 1 is 1.10 bits per heavy atom. The molecule has 0 aliphatic carbocycles. The third-order valence-electron chi connectivity index (χ3n) is 3.36. The van der Waals surface area contributed by atoms with Crippen molar-refractivity contribution in [2.75, 3.05) is 0 Å². The molecule has 2 aromatic rings. The van der Waals surface area contributed by atoms with Crippen molar-refractivity contribution < 1.29 is 9.66 Å². The van der Waals surface area contributed by atoms with E-state index in [0.717, 1.165) is 11.1 Å². The summed E-state index contributed by atoms with van der Waals surface area (Å²) in [6.07, 6.45) is 0. The maximum absolute atomic E-state index is 11.0. The van der Waals surface area contributed by atoms with Gasteiger partial charge in [-0.15, -0.1) is 0 Å². The fourth-order valence-corrected chi connectivity index (χ4v) is 2.46. The summed E-state index contributed by atoms with van der Waals surface area (Å²) in [5, 5.41) is 11.3. The van der Waals surface area contributed by atoms with Crippen molar-refractivity contribution in [3.05, 3.63) is 61.7 Å². The van der Waals surface area contributed by atoms with Crippen molar-refractivity contribution in [1.29, 1.82) is 0 Å². The Hall–Kier alpha value is -2.07. The third-order valence-corrected chi connectivity index (χ3v) is 3.82. The molecule has 0 saturated heterocycles. The number of nitrogens with zero attached hydrogens (tertiary/aromatic N) is 1. The summed E-state index contributed by atoms with van der Waals surface area (Å²) in [6, 6.07) is 7.32. The van der Waals surface area contributed by atoms with Crippen LogP contribution in [0.3, 0.4) is 0 Å². The number of ether oxygens (including phenoxy) is 1. The molecule has 2 rings (SSSR count). The topological polar surface area (TPSA) is 52.4 Å². The van der Waals surface area contributed by atoms with E-state index >= 15 is 0 Å². The fourth-order valence-electron chi connectivity index (χ4n) is 2.17. The van der Waals surface area contributed by atoms with E-state index in [2.05, 4.69) is 0 Å². The highest BCUT2D eigenvalue weighted by molar-refractivity contribution is 6.33. The first-order chi connectivity index (χ1) is 9.81. The summed E-state index contributed by atoms with van der Waals surface area (Å²) < 4.78 is 5.89. The Balaban J connectivity index is 2.50.